The van der Waals surface area contributed by atoms with E-state index < -0.39 is 5.82 Å². The molecule has 0 radical (unpaired) electrons. The molecule has 0 aliphatic heterocycles. The van der Waals surface area contributed by atoms with Crippen LogP contribution in [0.1, 0.15) is 27.0 Å². The van der Waals surface area contributed by atoms with Crippen molar-refractivity contribution in [1.82, 2.24) is 0 Å². The van der Waals surface area contributed by atoms with Crippen molar-refractivity contribution in [3.63, 3.8) is 0 Å². The van der Waals surface area contributed by atoms with Crippen molar-refractivity contribution in [3.8, 4) is 6.07 Å². The minimum absolute atomic E-state index is 0.220. The number of hydrogen-bond donors (Lipinski definition) is 1. The molecule has 20 heavy (non-hydrogen) atoms. The van der Waals surface area contributed by atoms with Crippen molar-refractivity contribution < 1.29 is 14.3 Å². The molecular formula is C16H12FNO2. The first kappa shape index (κ1) is 13.9. The van der Waals surface area contributed by atoms with Gasteiger partial charge in [-0.1, -0.05) is 18.2 Å². The highest BCUT2D eigenvalue weighted by Gasteiger charge is 2.14. The second-order valence-corrected chi connectivity index (χ2v) is 4.32. The fourth-order valence-corrected chi connectivity index (χ4v) is 1.96. The summed E-state index contributed by atoms with van der Waals surface area (Å²) >= 11 is 0. The molecule has 0 bridgehead atoms. The molecule has 0 unspecified atom stereocenters. The number of carbonyl (C=O) groups excluding carboxylic acids is 1. The Morgan fingerprint density at radius 1 is 1.20 bits per heavy atom. The highest BCUT2D eigenvalue weighted by Crippen LogP contribution is 2.17. The molecule has 0 saturated carbocycles. The number of nitriles is 1. The number of halogens is 1. The van der Waals surface area contributed by atoms with Gasteiger partial charge in [-0.3, -0.25) is 4.79 Å². The monoisotopic (exact) mass is 269 g/mol. The van der Waals surface area contributed by atoms with Gasteiger partial charge >= 0.3 is 0 Å². The van der Waals surface area contributed by atoms with Crippen molar-refractivity contribution in [3.05, 3.63) is 70.5 Å². The average molecular weight is 269 g/mol. The van der Waals surface area contributed by atoms with E-state index in [0.29, 0.717) is 16.7 Å². The first-order valence-corrected chi connectivity index (χ1v) is 6.05. The van der Waals surface area contributed by atoms with Crippen LogP contribution in [-0.4, -0.2) is 10.9 Å². The van der Waals surface area contributed by atoms with Crippen LogP contribution in [0.5, 0.6) is 0 Å². The topological polar surface area (TPSA) is 61.1 Å². The summed E-state index contributed by atoms with van der Waals surface area (Å²) in [7, 11) is 0. The summed E-state index contributed by atoms with van der Waals surface area (Å²) in [5, 5.41) is 18.0. The predicted octanol–water partition coefficient (Wildman–Crippen LogP) is 2.62. The van der Waals surface area contributed by atoms with E-state index in [1.165, 1.54) is 24.3 Å². The lowest BCUT2D eigenvalue weighted by Gasteiger charge is -2.08. The first-order chi connectivity index (χ1) is 9.65. The van der Waals surface area contributed by atoms with E-state index in [-0.39, 0.29) is 18.8 Å². The van der Waals surface area contributed by atoms with Crippen LogP contribution in [-0.2, 0) is 13.0 Å². The predicted molar refractivity (Wildman–Crippen MR) is 71.5 cm³/mol. The zero-order valence-electron chi connectivity index (χ0n) is 10.6. The van der Waals surface area contributed by atoms with Crippen molar-refractivity contribution in [1.29, 1.82) is 5.26 Å². The molecule has 2 aromatic rings. The fraction of sp³-hybridized carbons (Fsp3) is 0.125. The van der Waals surface area contributed by atoms with Gasteiger partial charge in [0, 0.05) is 11.1 Å². The largest absolute Gasteiger partial charge is 0.392 e. The Kier molecular flexibility index (Phi) is 4.24. The zero-order valence-corrected chi connectivity index (χ0v) is 10.6. The Morgan fingerprint density at radius 3 is 2.50 bits per heavy atom. The number of benzene rings is 2. The molecule has 2 aromatic carbocycles. The van der Waals surface area contributed by atoms with Crippen LogP contribution in [0.15, 0.2) is 42.5 Å². The van der Waals surface area contributed by atoms with Crippen LogP contribution in [0.25, 0.3) is 0 Å². The molecule has 3 nitrogen and oxygen atoms in total. The number of nitrogens with zero attached hydrogens (tertiary/aromatic N) is 1. The Bertz CT molecular complexity index is 672. The molecule has 2 rings (SSSR count). The van der Waals surface area contributed by atoms with Gasteiger partial charge in [0.25, 0.3) is 0 Å². The van der Waals surface area contributed by atoms with Crippen LogP contribution < -0.4 is 0 Å². The summed E-state index contributed by atoms with van der Waals surface area (Å²) in [5.41, 5.74) is 1.93. The van der Waals surface area contributed by atoms with Gasteiger partial charge in [0.1, 0.15) is 5.82 Å². The van der Waals surface area contributed by atoms with E-state index in [1.807, 2.05) is 6.07 Å². The fourth-order valence-electron chi connectivity index (χ4n) is 1.96. The van der Waals surface area contributed by atoms with Crippen LogP contribution in [0, 0.1) is 17.1 Å². The average Bonchev–Trinajstić information content (AvgIpc) is 2.47. The summed E-state index contributed by atoms with van der Waals surface area (Å²) in [6, 6.07) is 12.2. The standard InChI is InChI=1S/C16H12FNO2/c17-14-4-2-12(3-5-14)16(20)15-6-1-11(7-8-18)9-13(15)10-19/h1-6,9,19H,7,10H2. The molecule has 0 aliphatic rings. The Labute approximate surface area is 115 Å². The second kappa shape index (κ2) is 6.09. The number of hydrogen-bond acceptors (Lipinski definition) is 3. The van der Waals surface area contributed by atoms with Gasteiger partial charge in [0.2, 0.25) is 0 Å². The first-order valence-electron chi connectivity index (χ1n) is 6.05. The van der Waals surface area contributed by atoms with Gasteiger partial charge in [-0.15, -0.1) is 0 Å². The summed E-state index contributed by atoms with van der Waals surface area (Å²) in [6.07, 6.45) is 0.220. The maximum atomic E-state index is 12.9. The number of carbonyl (C=O) groups is 1. The second-order valence-electron chi connectivity index (χ2n) is 4.32. The van der Waals surface area contributed by atoms with E-state index in [1.54, 1.807) is 18.2 Å². The SMILES string of the molecule is N#CCc1ccc(C(=O)c2ccc(F)cc2)c(CO)c1. The maximum absolute atomic E-state index is 12.9. The van der Waals surface area contributed by atoms with Gasteiger partial charge in [-0.2, -0.15) is 5.26 Å². The van der Waals surface area contributed by atoms with Gasteiger partial charge in [-0.05, 0) is 35.4 Å². The Balaban J connectivity index is 2.39. The van der Waals surface area contributed by atoms with Crippen LogP contribution in [0.4, 0.5) is 4.39 Å². The number of aliphatic hydroxyl groups is 1. The van der Waals surface area contributed by atoms with Crippen LogP contribution in [0.3, 0.4) is 0 Å². The lowest BCUT2D eigenvalue weighted by molar-refractivity contribution is 0.103. The van der Waals surface area contributed by atoms with E-state index in [4.69, 9.17) is 5.26 Å². The van der Waals surface area contributed by atoms with E-state index in [9.17, 15) is 14.3 Å². The quantitative estimate of drug-likeness (QED) is 0.868. The lowest BCUT2D eigenvalue weighted by Crippen LogP contribution is -2.06. The third-order valence-electron chi connectivity index (χ3n) is 2.97. The highest BCUT2D eigenvalue weighted by atomic mass is 19.1. The molecule has 100 valence electrons. The molecule has 0 aromatic heterocycles. The highest BCUT2D eigenvalue weighted by molar-refractivity contribution is 6.09. The summed E-state index contributed by atoms with van der Waals surface area (Å²) < 4.78 is 12.9. The third-order valence-corrected chi connectivity index (χ3v) is 2.97. The third kappa shape index (κ3) is 2.90. The molecule has 1 N–H and O–H groups in total. The van der Waals surface area contributed by atoms with Crippen molar-refractivity contribution in [2.75, 3.05) is 0 Å². The van der Waals surface area contributed by atoms with Gasteiger partial charge in [0.15, 0.2) is 5.78 Å². The normalized spacial score (nSPS) is 10.1. The summed E-state index contributed by atoms with van der Waals surface area (Å²) in [4.78, 5) is 12.3. The summed E-state index contributed by atoms with van der Waals surface area (Å²) in [6.45, 7) is -0.290. The molecule has 0 fully saturated rings. The van der Waals surface area contributed by atoms with Crippen LogP contribution >= 0.6 is 0 Å². The molecule has 4 heteroatoms. The minimum atomic E-state index is -0.409. The molecule has 0 heterocycles. The molecular weight excluding hydrogens is 257 g/mol. The molecule has 0 amide bonds. The number of aliphatic hydroxyl groups excluding tert-OH is 1. The van der Waals surface area contributed by atoms with E-state index in [2.05, 4.69) is 0 Å². The van der Waals surface area contributed by atoms with Crippen molar-refractivity contribution in [2.24, 2.45) is 0 Å². The number of rotatable bonds is 4. The zero-order chi connectivity index (χ0) is 14.5. The van der Waals surface area contributed by atoms with Crippen molar-refractivity contribution in [2.45, 2.75) is 13.0 Å². The smallest absolute Gasteiger partial charge is 0.193 e. The van der Waals surface area contributed by atoms with Crippen LogP contribution in [0.2, 0.25) is 0 Å². The Morgan fingerprint density at radius 2 is 1.90 bits per heavy atom. The van der Waals surface area contributed by atoms with Gasteiger partial charge in [-0.25, -0.2) is 4.39 Å². The minimum Gasteiger partial charge on any atom is -0.392 e. The van der Waals surface area contributed by atoms with Gasteiger partial charge < -0.3 is 5.11 Å². The maximum Gasteiger partial charge on any atom is 0.193 e. The molecule has 0 spiro atoms. The summed E-state index contributed by atoms with van der Waals surface area (Å²) in [5.74, 6) is -0.689. The molecule has 0 atom stereocenters. The van der Waals surface area contributed by atoms with E-state index >= 15 is 0 Å². The Hall–Kier alpha value is -2.51. The molecule has 0 saturated heterocycles. The van der Waals surface area contributed by atoms with E-state index in [0.717, 1.165) is 5.56 Å². The van der Waals surface area contributed by atoms with Crippen molar-refractivity contribution >= 4 is 5.78 Å². The number of ketones is 1. The molecule has 0 aliphatic carbocycles. The van der Waals surface area contributed by atoms with Gasteiger partial charge in [0.05, 0.1) is 19.1 Å². The lowest BCUT2D eigenvalue weighted by atomic mass is 9.96.